The normalized spacial score (nSPS) is 11.2. The Morgan fingerprint density at radius 2 is 1.73 bits per heavy atom. The molecule has 0 radical (unpaired) electrons. The van der Waals surface area contributed by atoms with E-state index in [1.807, 2.05) is 26.0 Å². The molecule has 0 atom stereocenters. The summed E-state index contributed by atoms with van der Waals surface area (Å²) >= 11 is 9.39. The largest absolute Gasteiger partial charge is 0.324 e. The minimum absolute atomic E-state index is 0.116. The fourth-order valence-electron chi connectivity index (χ4n) is 2.91. The van der Waals surface area contributed by atoms with E-state index < -0.39 is 15.9 Å². The van der Waals surface area contributed by atoms with Crippen LogP contribution in [0, 0.1) is 13.8 Å². The molecule has 0 aliphatic carbocycles. The maximum absolute atomic E-state index is 13.4. The summed E-state index contributed by atoms with van der Waals surface area (Å²) in [5, 5.41) is 3.16. The number of hydrogen-bond donors (Lipinski definition) is 1. The number of aryl methyl sites for hydroxylation is 2. The Kier molecular flexibility index (Phi) is 6.85. The first-order chi connectivity index (χ1) is 14.2. The molecule has 0 heterocycles. The molecule has 5 nitrogen and oxygen atoms in total. The molecule has 0 saturated carbocycles. The summed E-state index contributed by atoms with van der Waals surface area (Å²) in [6.07, 6.45) is 0. The third kappa shape index (κ3) is 5.03. The van der Waals surface area contributed by atoms with Crippen molar-refractivity contribution in [3.8, 4) is 0 Å². The number of carbonyl (C=O) groups is 1. The van der Waals surface area contributed by atoms with Crippen LogP contribution in [0.3, 0.4) is 0 Å². The first kappa shape index (κ1) is 22.3. The van der Waals surface area contributed by atoms with Crippen molar-refractivity contribution >= 4 is 54.8 Å². The monoisotopic (exact) mass is 506 g/mol. The van der Waals surface area contributed by atoms with Crippen molar-refractivity contribution in [2.45, 2.75) is 18.7 Å². The maximum Gasteiger partial charge on any atom is 0.264 e. The lowest BCUT2D eigenvalue weighted by atomic mass is 10.1. The maximum atomic E-state index is 13.4. The fraction of sp³-hybridized carbons (Fsp3) is 0.136. The molecule has 0 saturated heterocycles. The van der Waals surface area contributed by atoms with Gasteiger partial charge < -0.3 is 5.32 Å². The van der Waals surface area contributed by atoms with Gasteiger partial charge in [-0.3, -0.25) is 9.10 Å². The van der Waals surface area contributed by atoms with Crippen molar-refractivity contribution in [3.05, 3.63) is 87.4 Å². The molecule has 0 bridgehead atoms. The van der Waals surface area contributed by atoms with Gasteiger partial charge in [0.05, 0.1) is 15.6 Å². The van der Waals surface area contributed by atoms with Crippen molar-refractivity contribution in [2.75, 3.05) is 16.2 Å². The second kappa shape index (κ2) is 9.20. The molecule has 156 valence electrons. The summed E-state index contributed by atoms with van der Waals surface area (Å²) < 4.78 is 28.6. The number of anilines is 2. The van der Waals surface area contributed by atoms with E-state index in [2.05, 4.69) is 21.2 Å². The van der Waals surface area contributed by atoms with Gasteiger partial charge in [-0.1, -0.05) is 41.9 Å². The first-order valence-corrected chi connectivity index (χ1v) is 11.7. The summed E-state index contributed by atoms with van der Waals surface area (Å²) in [6.45, 7) is 3.31. The topological polar surface area (TPSA) is 66.5 Å². The van der Waals surface area contributed by atoms with Gasteiger partial charge >= 0.3 is 0 Å². The summed E-state index contributed by atoms with van der Waals surface area (Å²) in [5.41, 5.74) is 2.58. The fourth-order valence-corrected chi connectivity index (χ4v) is 4.84. The smallest absolute Gasteiger partial charge is 0.264 e. The van der Waals surface area contributed by atoms with Crippen molar-refractivity contribution in [3.63, 3.8) is 0 Å². The molecule has 0 fully saturated rings. The molecule has 1 amide bonds. The second-order valence-electron chi connectivity index (χ2n) is 6.79. The van der Waals surface area contributed by atoms with Crippen LogP contribution in [0.15, 0.2) is 76.1 Å². The van der Waals surface area contributed by atoms with Gasteiger partial charge in [-0.05, 0) is 77.3 Å². The minimum Gasteiger partial charge on any atom is -0.324 e. The van der Waals surface area contributed by atoms with Gasteiger partial charge in [-0.2, -0.15) is 0 Å². The zero-order valence-electron chi connectivity index (χ0n) is 16.4. The second-order valence-corrected chi connectivity index (χ2v) is 9.92. The molecule has 0 aromatic heterocycles. The predicted molar refractivity (Wildman–Crippen MR) is 125 cm³/mol. The molecule has 3 rings (SSSR count). The third-order valence-corrected chi connectivity index (χ3v) is 7.46. The van der Waals surface area contributed by atoms with Crippen molar-refractivity contribution in [1.82, 2.24) is 0 Å². The van der Waals surface area contributed by atoms with Crippen LogP contribution in [-0.2, 0) is 14.8 Å². The quantitative estimate of drug-likeness (QED) is 0.475. The zero-order chi connectivity index (χ0) is 21.9. The zero-order valence-corrected chi connectivity index (χ0v) is 19.6. The van der Waals surface area contributed by atoms with Crippen LogP contribution < -0.4 is 9.62 Å². The highest BCUT2D eigenvalue weighted by Crippen LogP contribution is 2.29. The molecular weight excluding hydrogens is 488 g/mol. The number of amides is 1. The highest BCUT2D eigenvalue weighted by Gasteiger charge is 2.28. The van der Waals surface area contributed by atoms with E-state index in [1.54, 1.807) is 42.5 Å². The van der Waals surface area contributed by atoms with Crippen LogP contribution >= 0.6 is 27.5 Å². The summed E-state index contributed by atoms with van der Waals surface area (Å²) in [6, 6.07) is 18.6. The molecule has 3 aromatic carbocycles. The van der Waals surface area contributed by atoms with Gasteiger partial charge in [-0.15, -0.1) is 0 Å². The number of carbonyl (C=O) groups excluding carboxylic acids is 1. The number of nitrogens with zero attached hydrogens (tertiary/aromatic N) is 1. The number of sulfonamides is 1. The van der Waals surface area contributed by atoms with Gasteiger partial charge in [0, 0.05) is 10.2 Å². The number of benzene rings is 3. The van der Waals surface area contributed by atoms with Crippen molar-refractivity contribution < 1.29 is 13.2 Å². The SMILES string of the molecule is Cc1ccc(C)c(N(CC(=O)Nc2ccc(Br)c(Cl)c2)S(=O)(=O)c2ccccc2)c1. The molecule has 0 aliphatic rings. The van der Waals surface area contributed by atoms with Gasteiger partial charge in [-0.25, -0.2) is 8.42 Å². The van der Waals surface area contributed by atoms with Crippen LogP contribution in [-0.4, -0.2) is 20.9 Å². The average Bonchev–Trinajstić information content (AvgIpc) is 2.71. The lowest BCUT2D eigenvalue weighted by Gasteiger charge is -2.26. The van der Waals surface area contributed by atoms with Gasteiger partial charge in [0.1, 0.15) is 6.54 Å². The number of hydrogen-bond acceptors (Lipinski definition) is 3. The van der Waals surface area contributed by atoms with Crippen LogP contribution in [0.5, 0.6) is 0 Å². The number of rotatable bonds is 6. The van der Waals surface area contributed by atoms with Gasteiger partial charge in [0.25, 0.3) is 10.0 Å². The van der Waals surface area contributed by atoms with E-state index in [9.17, 15) is 13.2 Å². The van der Waals surface area contributed by atoms with Gasteiger partial charge in [0.2, 0.25) is 5.91 Å². The summed E-state index contributed by atoms with van der Waals surface area (Å²) in [5.74, 6) is -0.478. The Labute approximate surface area is 189 Å². The molecule has 8 heteroatoms. The van der Waals surface area contributed by atoms with Crippen LogP contribution in [0.4, 0.5) is 11.4 Å². The van der Waals surface area contributed by atoms with Gasteiger partial charge in [0.15, 0.2) is 0 Å². The Hall–Kier alpha value is -2.35. The standard InChI is InChI=1S/C22H20BrClN2O3S/c1-15-8-9-16(2)21(12-15)26(30(28,29)18-6-4-3-5-7-18)14-22(27)25-17-10-11-19(23)20(24)13-17/h3-13H,14H2,1-2H3,(H,25,27). The van der Waals surface area contributed by atoms with E-state index >= 15 is 0 Å². The van der Waals surface area contributed by atoms with Crippen LogP contribution in [0.2, 0.25) is 5.02 Å². The Morgan fingerprint density at radius 3 is 2.40 bits per heavy atom. The number of nitrogens with one attached hydrogen (secondary N) is 1. The van der Waals surface area contributed by atoms with Crippen LogP contribution in [0.1, 0.15) is 11.1 Å². The molecule has 0 spiro atoms. The van der Waals surface area contributed by atoms with Crippen LogP contribution in [0.25, 0.3) is 0 Å². The summed E-state index contributed by atoms with van der Waals surface area (Å²) in [7, 11) is -3.96. The first-order valence-electron chi connectivity index (χ1n) is 9.08. The van der Waals surface area contributed by atoms with Crippen molar-refractivity contribution in [2.24, 2.45) is 0 Å². The molecular formula is C22H20BrClN2O3S. The molecule has 30 heavy (non-hydrogen) atoms. The minimum atomic E-state index is -3.96. The predicted octanol–water partition coefficient (Wildman–Crippen LogP) is 5.55. The molecule has 0 aliphatic heterocycles. The van der Waals surface area contributed by atoms with E-state index in [0.717, 1.165) is 15.4 Å². The Bertz CT molecular complexity index is 1180. The molecule has 1 N–H and O–H groups in total. The van der Waals surface area contributed by atoms with E-state index in [-0.39, 0.29) is 11.4 Å². The highest BCUT2D eigenvalue weighted by molar-refractivity contribution is 9.10. The average molecular weight is 508 g/mol. The Balaban J connectivity index is 1.98. The van der Waals surface area contributed by atoms with E-state index in [0.29, 0.717) is 20.9 Å². The molecule has 0 unspecified atom stereocenters. The van der Waals surface area contributed by atoms with E-state index in [4.69, 9.17) is 11.6 Å². The lowest BCUT2D eigenvalue weighted by molar-refractivity contribution is -0.114. The highest BCUT2D eigenvalue weighted by atomic mass is 79.9. The lowest BCUT2D eigenvalue weighted by Crippen LogP contribution is -2.38. The van der Waals surface area contributed by atoms with E-state index in [1.165, 1.54) is 12.1 Å². The molecule has 3 aromatic rings. The summed E-state index contributed by atoms with van der Waals surface area (Å²) in [4.78, 5) is 12.9. The number of halogens is 2. The third-order valence-electron chi connectivity index (χ3n) is 4.46. The van der Waals surface area contributed by atoms with Crippen molar-refractivity contribution in [1.29, 1.82) is 0 Å². The Morgan fingerprint density at radius 1 is 1.03 bits per heavy atom.